The molecule has 0 radical (unpaired) electrons. The second kappa shape index (κ2) is 8.31. The molecule has 7 heteroatoms. The molecule has 146 valence electrons. The Morgan fingerprint density at radius 3 is 2.64 bits per heavy atom. The molecule has 4 rings (SSSR count). The molecule has 1 fully saturated rings. The van der Waals surface area contributed by atoms with Crippen molar-refractivity contribution in [2.45, 2.75) is 20.1 Å². The first kappa shape index (κ1) is 18.3. The van der Waals surface area contributed by atoms with Crippen molar-refractivity contribution < 1.29 is 18.5 Å². The van der Waals surface area contributed by atoms with E-state index in [0.717, 1.165) is 35.9 Å². The minimum absolute atomic E-state index is 0.0909. The highest BCUT2D eigenvalue weighted by Gasteiger charge is 2.26. The summed E-state index contributed by atoms with van der Waals surface area (Å²) in [6.07, 6.45) is 1.54. The highest BCUT2D eigenvalue weighted by atomic mass is 16.5. The van der Waals surface area contributed by atoms with E-state index in [9.17, 15) is 4.79 Å². The number of aryl methyl sites for hydroxylation is 1. The van der Waals surface area contributed by atoms with Gasteiger partial charge in [-0.25, -0.2) is 0 Å². The predicted octanol–water partition coefficient (Wildman–Crippen LogP) is 3.11. The molecule has 0 N–H and O–H groups in total. The number of hydrogen-bond donors (Lipinski definition) is 0. The Kier molecular flexibility index (Phi) is 5.43. The molecule has 1 aliphatic rings. The van der Waals surface area contributed by atoms with Crippen LogP contribution in [0.1, 0.15) is 27.6 Å². The van der Waals surface area contributed by atoms with Gasteiger partial charge in [0.25, 0.3) is 5.91 Å². The number of furan rings is 1. The number of benzene rings is 1. The van der Waals surface area contributed by atoms with E-state index in [1.165, 1.54) is 0 Å². The first-order valence-corrected chi connectivity index (χ1v) is 9.37. The number of amides is 1. The molecule has 0 bridgehead atoms. The number of piperazine rings is 1. The Morgan fingerprint density at radius 2 is 1.93 bits per heavy atom. The molecular weight excluding hydrogens is 358 g/mol. The topological polar surface area (TPSA) is 72.0 Å². The van der Waals surface area contributed by atoms with Gasteiger partial charge in [-0.3, -0.25) is 9.69 Å². The number of carbonyl (C=O) groups is 1. The first-order valence-electron chi connectivity index (χ1n) is 9.37. The van der Waals surface area contributed by atoms with Gasteiger partial charge in [0.05, 0.1) is 18.5 Å². The number of para-hydroxylation sites is 1. The number of nitrogens with zero attached hydrogens (tertiary/aromatic N) is 3. The lowest BCUT2D eigenvalue weighted by Gasteiger charge is -2.33. The van der Waals surface area contributed by atoms with E-state index < -0.39 is 0 Å². The summed E-state index contributed by atoms with van der Waals surface area (Å²) in [4.78, 5) is 17.0. The molecular formula is C21H23N3O4. The quantitative estimate of drug-likeness (QED) is 0.653. The van der Waals surface area contributed by atoms with Crippen molar-refractivity contribution in [3.63, 3.8) is 0 Å². The molecule has 0 atom stereocenters. The number of ether oxygens (including phenoxy) is 1. The van der Waals surface area contributed by atoms with Crippen LogP contribution in [0.5, 0.6) is 5.75 Å². The van der Waals surface area contributed by atoms with Crippen LogP contribution in [0.3, 0.4) is 0 Å². The van der Waals surface area contributed by atoms with Gasteiger partial charge >= 0.3 is 0 Å². The third-order valence-electron chi connectivity index (χ3n) is 4.79. The molecule has 1 saturated heterocycles. The Bertz CT molecular complexity index is 911. The van der Waals surface area contributed by atoms with Crippen molar-refractivity contribution in [2.24, 2.45) is 0 Å². The van der Waals surface area contributed by atoms with E-state index in [-0.39, 0.29) is 5.91 Å². The van der Waals surface area contributed by atoms with Gasteiger partial charge in [0.15, 0.2) is 11.5 Å². The summed E-state index contributed by atoms with van der Waals surface area (Å²) in [7, 11) is 0. The number of hydrogen-bond acceptors (Lipinski definition) is 6. The predicted molar refractivity (Wildman–Crippen MR) is 102 cm³/mol. The van der Waals surface area contributed by atoms with Crippen LogP contribution >= 0.6 is 0 Å². The molecule has 28 heavy (non-hydrogen) atoms. The zero-order chi connectivity index (χ0) is 19.3. The van der Waals surface area contributed by atoms with Gasteiger partial charge in [-0.2, -0.15) is 0 Å². The first-order chi connectivity index (χ1) is 13.7. The average Bonchev–Trinajstić information content (AvgIpc) is 3.36. The van der Waals surface area contributed by atoms with Gasteiger partial charge in [-0.1, -0.05) is 23.4 Å². The van der Waals surface area contributed by atoms with Crippen LogP contribution in [0.4, 0.5) is 0 Å². The van der Waals surface area contributed by atoms with Crippen LogP contribution in [0.2, 0.25) is 0 Å². The van der Waals surface area contributed by atoms with Gasteiger partial charge in [0.2, 0.25) is 0 Å². The van der Waals surface area contributed by atoms with E-state index in [1.54, 1.807) is 12.3 Å². The highest BCUT2D eigenvalue weighted by molar-refractivity contribution is 5.93. The van der Waals surface area contributed by atoms with Crippen molar-refractivity contribution in [3.8, 4) is 5.75 Å². The fourth-order valence-electron chi connectivity index (χ4n) is 3.28. The van der Waals surface area contributed by atoms with Crippen molar-refractivity contribution in [1.29, 1.82) is 0 Å². The van der Waals surface area contributed by atoms with Gasteiger partial charge in [0, 0.05) is 37.8 Å². The second-order valence-corrected chi connectivity index (χ2v) is 6.88. The van der Waals surface area contributed by atoms with E-state index in [2.05, 4.69) is 10.1 Å². The minimum Gasteiger partial charge on any atom is -0.489 e. The van der Waals surface area contributed by atoms with E-state index in [0.29, 0.717) is 32.0 Å². The van der Waals surface area contributed by atoms with E-state index in [1.807, 2.05) is 48.2 Å². The minimum atomic E-state index is -0.0909. The number of carbonyl (C=O) groups excluding carboxylic acids is 1. The molecule has 1 amide bonds. The Morgan fingerprint density at radius 1 is 1.14 bits per heavy atom. The lowest BCUT2D eigenvalue weighted by atomic mass is 10.2. The molecule has 7 nitrogen and oxygen atoms in total. The second-order valence-electron chi connectivity index (χ2n) is 6.88. The molecule has 2 aromatic heterocycles. The lowest BCUT2D eigenvalue weighted by Crippen LogP contribution is -2.48. The molecule has 0 spiro atoms. The normalized spacial score (nSPS) is 15.0. The zero-order valence-corrected chi connectivity index (χ0v) is 15.8. The Labute approximate surface area is 163 Å². The van der Waals surface area contributed by atoms with E-state index >= 15 is 0 Å². The van der Waals surface area contributed by atoms with Gasteiger partial charge in [0.1, 0.15) is 12.4 Å². The SMILES string of the molecule is Cc1cc(CN2CCN(C(=O)c3occc3COc3ccccc3)CC2)on1. The molecule has 1 aromatic carbocycles. The molecule has 3 heterocycles. The third kappa shape index (κ3) is 4.26. The summed E-state index contributed by atoms with van der Waals surface area (Å²) >= 11 is 0. The Hall–Kier alpha value is -3.06. The standard InChI is InChI=1S/C21H23N3O4/c1-16-13-19(28-22-16)14-23-8-10-24(11-9-23)21(25)20-17(7-12-26-20)15-27-18-5-3-2-4-6-18/h2-7,12-13H,8-11,14-15H2,1H3. The highest BCUT2D eigenvalue weighted by Crippen LogP contribution is 2.19. The fourth-order valence-corrected chi connectivity index (χ4v) is 3.28. The smallest absolute Gasteiger partial charge is 0.290 e. The average molecular weight is 381 g/mol. The van der Waals surface area contributed by atoms with Crippen LogP contribution in [0, 0.1) is 6.92 Å². The summed E-state index contributed by atoms with van der Waals surface area (Å²) in [5, 5.41) is 3.92. The van der Waals surface area contributed by atoms with Crippen LogP contribution < -0.4 is 4.74 Å². The molecule has 0 aliphatic carbocycles. The summed E-state index contributed by atoms with van der Waals surface area (Å²) in [6, 6.07) is 13.3. The zero-order valence-electron chi connectivity index (χ0n) is 15.8. The fraction of sp³-hybridized carbons (Fsp3) is 0.333. The monoisotopic (exact) mass is 381 g/mol. The van der Waals surface area contributed by atoms with Crippen LogP contribution in [0.15, 0.2) is 57.7 Å². The Balaban J connectivity index is 1.32. The van der Waals surface area contributed by atoms with Crippen molar-refractivity contribution >= 4 is 5.91 Å². The van der Waals surface area contributed by atoms with Crippen LogP contribution in [0.25, 0.3) is 0 Å². The summed E-state index contributed by atoms with van der Waals surface area (Å²) in [5.74, 6) is 1.88. The molecule has 1 aliphatic heterocycles. The van der Waals surface area contributed by atoms with Gasteiger partial charge in [-0.05, 0) is 25.1 Å². The third-order valence-corrected chi connectivity index (χ3v) is 4.79. The lowest BCUT2D eigenvalue weighted by molar-refractivity contribution is 0.0584. The van der Waals surface area contributed by atoms with Crippen molar-refractivity contribution in [3.05, 3.63) is 71.5 Å². The number of rotatable bonds is 6. The summed E-state index contributed by atoms with van der Waals surface area (Å²) in [6.45, 7) is 5.76. The molecule has 0 saturated carbocycles. The number of aromatic nitrogens is 1. The maximum Gasteiger partial charge on any atom is 0.290 e. The molecule has 3 aromatic rings. The maximum atomic E-state index is 12.9. The van der Waals surface area contributed by atoms with Gasteiger partial charge in [-0.15, -0.1) is 0 Å². The maximum absolute atomic E-state index is 12.9. The summed E-state index contributed by atoms with van der Waals surface area (Å²) < 4.78 is 16.5. The summed E-state index contributed by atoms with van der Waals surface area (Å²) in [5.41, 5.74) is 1.64. The molecule has 0 unspecified atom stereocenters. The van der Waals surface area contributed by atoms with Crippen LogP contribution in [-0.2, 0) is 13.2 Å². The van der Waals surface area contributed by atoms with Crippen molar-refractivity contribution in [2.75, 3.05) is 26.2 Å². The van der Waals surface area contributed by atoms with Gasteiger partial charge < -0.3 is 18.6 Å². The van der Waals surface area contributed by atoms with E-state index in [4.69, 9.17) is 13.7 Å². The van der Waals surface area contributed by atoms with Crippen molar-refractivity contribution in [1.82, 2.24) is 15.0 Å². The largest absolute Gasteiger partial charge is 0.489 e. The van der Waals surface area contributed by atoms with Crippen LogP contribution in [-0.4, -0.2) is 47.0 Å².